The lowest BCUT2D eigenvalue weighted by molar-refractivity contribution is -0.114. The molecule has 1 aliphatic rings. The first-order valence-corrected chi connectivity index (χ1v) is 8.33. The molecule has 0 saturated carbocycles. The summed E-state index contributed by atoms with van der Waals surface area (Å²) in [6, 6.07) is 10.6. The molecule has 24 heavy (non-hydrogen) atoms. The van der Waals surface area contributed by atoms with Crippen molar-refractivity contribution in [2.45, 2.75) is 6.92 Å². The van der Waals surface area contributed by atoms with Gasteiger partial charge in [-0.05, 0) is 48.0 Å². The van der Waals surface area contributed by atoms with Gasteiger partial charge < -0.3 is 5.32 Å². The van der Waals surface area contributed by atoms with E-state index < -0.39 is 0 Å². The van der Waals surface area contributed by atoms with Crippen LogP contribution < -0.4 is 10.2 Å². The monoisotopic (exact) mass is 355 g/mol. The SMILES string of the molecule is CC(=O)Nc1ccc(N2C(=O)/C(=C/c3ccncc3)SC2=S)cc1. The van der Waals surface area contributed by atoms with Crippen LogP contribution in [0.2, 0.25) is 0 Å². The van der Waals surface area contributed by atoms with Crippen molar-refractivity contribution in [1.82, 2.24) is 4.98 Å². The lowest BCUT2D eigenvalue weighted by Gasteiger charge is -2.15. The van der Waals surface area contributed by atoms with Crippen molar-refractivity contribution >= 4 is 57.6 Å². The van der Waals surface area contributed by atoms with Crippen molar-refractivity contribution in [2.24, 2.45) is 0 Å². The van der Waals surface area contributed by atoms with Gasteiger partial charge in [-0.1, -0.05) is 24.0 Å². The van der Waals surface area contributed by atoms with Crippen molar-refractivity contribution in [3.63, 3.8) is 0 Å². The minimum Gasteiger partial charge on any atom is -0.326 e. The Morgan fingerprint density at radius 3 is 2.50 bits per heavy atom. The van der Waals surface area contributed by atoms with E-state index in [-0.39, 0.29) is 11.8 Å². The fraction of sp³-hybridized carbons (Fsp3) is 0.0588. The van der Waals surface area contributed by atoms with Crippen molar-refractivity contribution in [3.8, 4) is 0 Å². The van der Waals surface area contributed by atoms with E-state index in [2.05, 4.69) is 10.3 Å². The number of nitrogens with zero attached hydrogens (tertiary/aromatic N) is 2. The molecule has 1 N–H and O–H groups in total. The highest BCUT2D eigenvalue weighted by atomic mass is 32.2. The third-order valence-electron chi connectivity index (χ3n) is 3.24. The van der Waals surface area contributed by atoms with Gasteiger partial charge in [-0.15, -0.1) is 0 Å². The van der Waals surface area contributed by atoms with Crippen LogP contribution in [0.5, 0.6) is 0 Å². The number of thiocarbonyl (C=S) groups is 1. The molecule has 0 spiro atoms. The minimum absolute atomic E-state index is 0.145. The zero-order chi connectivity index (χ0) is 17.1. The quantitative estimate of drug-likeness (QED) is 0.675. The van der Waals surface area contributed by atoms with E-state index in [0.29, 0.717) is 20.6 Å². The molecule has 1 aliphatic heterocycles. The van der Waals surface area contributed by atoms with E-state index in [1.807, 2.05) is 12.1 Å². The highest BCUT2D eigenvalue weighted by molar-refractivity contribution is 8.27. The lowest BCUT2D eigenvalue weighted by Crippen LogP contribution is -2.27. The zero-order valence-corrected chi connectivity index (χ0v) is 14.4. The van der Waals surface area contributed by atoms with Crippen LogP contribution in [0.25, 0.3) is 6.08 Å². The number of amides is 2. The molecule has 1 aromatic heterocycles. The van der Waals surface area contributed by atoms with Gasteiger partial charge in [0.2, 0.25) is 5.91 Å². The minimum atomic E-state index is -0.158. The molecule has 0 unspecified atom stereocenters. The number of carbonyl (C=O) groups is 2. The first-order chi connectivity index (χ1) is 11.5. The van der Waals surface area contributed by atoms with Crippen LogP contribution in [0.15, 0.2) is 53.7 Å². The number of nitrogens with one attached hydrogen (secondary N) is 1. The summed E-state index contributed by atoms with van der Waals surface area (Å²) < 4.78 is 0.479. The maximum absolute atomic E-state index is 12.6. The summed E-state index contributed by atoms with van der Waals surface area (Å²) in [6.45, 7) is 1.44. The van der Waals surface area contributed by atoms with E-state index in [4.69, 9.17) is 12.2 Å². The largest absolute Gasteiger partial charge is 0.326 e. The first-order valence-electron chi connectivity index (χ1n) is 7.10. The second kappa shape index (κ2) is 6.94. The van der Waals surface area contributed by atoms with Crippen LogP contribution >= 0.6 is 24.0 Å². The molecular formula is C17H13N3O2S2. The third-order valence-corrected chi connectivity index (χ3v) is 4.55. The molecule has 7 heteroatoms. The molecule has 3 rings (SSSR count). The Morgan fingerprint density at radius 2 is 1.88 bits per heavy atom. The summed E-state index contributed by atoms with van der Waals surface area (Å²) in [5, 5.41) is 2.69. The van der Waals surface area contributed by atoms with E-state index >= 15 is 0 Å². The lowest BCUT2D eigenvalue weighted by atomic mass is 10.2. The number of pyridine rings is 1. The second-order valence-electron chi connectivity index (χ2n) is 5.03. The van der Waals surface area contributed by atoms with E-state index in [1.165, 1.54) is 23.6 Å². The predicted octanol–water partition coefficient (Wildman–Crippen LogP) is 3.45. The third kappa shape index (κ3) is 3.52. The Hall–Kier alpha value is -2.51. The van der Waals surface area contributed by atoms with Gasteiger partial charge in [0.1, 0.15) is 0 Å². The van der Waals surface area contributed by atoms with Crippen molar-refractivity contribution < 1.29 is 9.59 Å². The molecule has 2 aromatic rings. The highest BCUT2D eigenvalue weighted by Gasteiger charge is 2.33. The number of carbonyl (C=O) groups excluding carboxylic acids is 2. The predicted molar refractivity (Wildman–Crippen MR) is 101 cm³/mol. The van der Waals surface area contributed by atoms with Gasteiger partial charge >= 0.3 is 0 Å². The van der Waals surface area contributed by atoms with Crippen molar-refractivity contribution in [2.75, 3.05) is 10.2 Å². The molecule has 0 radical (unpaired) electrons. The molecule has 120 valence electrons. The molecular weight excluding hydrogens is 342 g/mol. The number of benzene rings is 1. The molecule has 2 heterocycles. The summed E-state index contributed by atoms with van der Waals surface area (Å²) in [6.07, 6.45) is 5.15. The summed E-state index contributed by atoms with van der Waals surface area (Å²) in [5.41, 5.74) is 2.24. The van der Waals surface area contributed by atoms with Gasteiger partial charge in [0.25, 0.3) is 5.91 Å². The molecule has 0 aliphatic carbocycles. The maximum atomic E-state index is 12.6. The summed E-state index contributed by atoms with van der Waals surface area (Å²) in [5.74, 6) is -0.303. The van der Waals surface area contributed by atoms with Crippen molar-refractivity contribution in [3.05, 3.63) is 59.3 Å². The Balaban J connectivity index is 1.84. The van der Waals surface area contributed by atoms with Gasteiger partial charge in [0.15, 0.2) is 4.32 Å². The van der Waals surface area contributed by atoms with Gasteiger partial charge in [-0.2, -0.15) is 0 Å². The molecule has 1 saturated heterocycles. The number of hydrogen-bond acceptors (Lipinski definition) is 5. The van der Waals surface area contributed by atoms with E-state index in [1.54, 1.807) is 42.7 Å². The smallest absolute Gasteiger partial charge is 0.270 e. The van der Waals surface area contributed by atoms with Crippen LogP contribution in [0, 0.1) is 0 Å². The molecule has 1 aromatic carbocycles. The molecule has 0 bridgehead atoms. The number of aromatic nitrogens is 1. The normalized spacial score (nSPS) is 15.9. The van der Waals surface area contributed by atoms with Crippen LogP contribution in [-0.4, -0.2) is 21.1 Å². The Kier molecular flexibility index (Phi) is 4.73. The van der Waals surface area contributed by atoms with Gasteiger partial charge in [0, 0.05) is 25.0 Å². The van der Waals surface area contributed by atoms with Crippen LogP contribution in [0.3, 0.4) is 0 Å². The average Bonchev–Trinajstić information content (AvgIpc) is 2.83. The molecule has 1 fully saturated rings. The van der Waals surface area contributed by atoms with E-state index in [9.17, 15) is 9.59 Å². The fourth-order valence-electron chi connectivity index (χ4n) is 2.20. The van der Waals surface area contributed by atoms with Crippen molar-refractivity contribution in [1.29, 1.82) is 0 Å². The first kappa shape index (κ1) is 16.4. The fourth-order valence-corrected chi connectivity index (χ4v) is 3.50. The Bertz CT molecular complexity index is 833. The standard InChI is InChI=1S/C17H13N3O2S2/c1-11(21)19-13-2-4-14(5-3-13)20-16(22)15(24-17(20)23)10-12-6-8-18-9-7-12/h2-10H,1H3,(H,19,21)/b15-10-. The van der Waals surface area contributed by atoms with E-state index in [0.717, 1.165) is 5.56 Å². The number of thioether (sulfide) groups is 1. The number of hydrogen-bond donors (Lipinski definition) is 1. The van der Waals surface area contributed by atoms with Gasteiger partial charge in [-0.3, -0.25) is 19.5 Å². The highest BCUT2D eigenvalue weighted by Crippen LogP contribution is 2.36. The van der Waals surface area contributed by atoms with Crippen LogP contribution in [-0.2, 0) is 9.59 Å². The van der Waals surface area contributed by atoms with Crippen LogP contribution in [0.4, 0.5) is 11.4 Å². The topological polar surface area (TPSA) is 62.3 Å². The Labute approximate surface area is 148 Å². The summed E-state index contributed by atoms with van der Waals surface area (Å²) in [4.78, 5) is 29.7. The number of rotatable bonds is 3. The summed E-state index contributed by atoms with van der Waals surface area (Å²) in [7, 11) is 0. The zero-order valence-electron chi connectivity index (χ0n) is 12.7. The molecule has 0 atom stereocenters. The molecule has 5 nitrogen and oxygen atoms in total. The maximum Gasteiger partial charge on any atom is 0.270 e. The number of anilines is 2. The second-order valence-corrected chi connectivity index (χ2v) is 6.70. The van der Waals surface area contributed by atoms with Gasteiger partial charge in [0.05, 0.1) is 10.6 Å². The molecule has 2 amide bonds. The van der Waals surface area contributed by atoms with Crippen LogP contribution in [0.1, 0.15) is 12.5 Å². The Morgan fingerprint density at radius 1 is 1.21 bits per heavy atom. The summed E-state index contributed by atoms with van der Waals surface area (Å²) >= 11 is 6.61. The average molecular weight is 355 g/mol. The van der Waals surface area contributed by atoms with Gasteiger partial charge in [-0.25, -0.2) is 0 Å².